The monoisotopic (exact) mass is 461 g/mol. The Balaban J connectivity index is 1.86. The highest BCUT2D eigenvalue weighted by Gasteiger charge is 2.52. The van der Waals surface area contributed by atoms with Gasteiger partial charge in [-0.3, -0.25) is 4.79 Å². The molecule has 1 aliphatic rings. The molecule has 0 aliphatic carbocycles. The highest BCUT2D eigenvalue weighted by Crippen LogP contribution is 2.46. The van der Waals surface area contributed by atoms with Crippen molar-refractivity contribution < 1.29 is 27.8 Å². The molecule has 0 bridgehead atoms. The average Bonchev–Trinajstić information content (AvgIpc) is 2.77. The molecule has 1 N–H and O–H groups in total. The molecule has 1 aliphatic heterocycles. The van der Waals surface area contributed by atoms with E-state index in [2.05, 4.69) is 0 Å². The molecule has 0 radical (unpaired) electrons. The molecule has 4 rings (SSSR count). The van der Waals surface area contributed by atoms with E-state index in [-0.39, 0.29) is 12.1 Å². The Morgan fingerprint density at radius 3 is 2.44 bits per heavy atom. The molecular formula is C24H19ClF3NO3. The van der Waals surface area contributed by atoms with Crippen molar-refractivity contribution in [2.24, 2.45) is 0 Å². The fourth-order valence-corrected chi connectivity index (χ4v) is 4.26. The van der Waals surface area contributed by atoms with Gasteiger partial charge in [0, 0.05) is 17.7 Å². The minimum atomic E-state index is -4.50. The number of hydrogen-bond donors (Lipinski definition) is 1. The number of ether oxygens (including phenoxy) is 1. The minimum absolute atomic E-state index is 0.137. The van der Waals surface area contributed by atoms with Crippen LogP contribution >= 0.6 is 11.6 Å². The first-order valence-corrected chi connectivity index (χ1v) is 10.1. The quantitative estimate of drug-likeness (QED) is 0.584. The summed E-state index contributed by atoms with van der Waals surface area (Å²) in [5.74, 6) is -0.578. The van der Waals surface area contributed by atoms with Gasteiger partial charge in [0.05, 0.1) is 17.8 Å². The Labute approximate surface area is 187 Å². The number of benzene rings is 3. The molecule has 32 heavy (non-hydrogen) atoms. The number of carbonyl (C=O) groups is 1. The van der Waals surface area contributed by atoms with E-state index in [0.29, 0.717) is 21.8 Å². The number of methoxy groups -OCH3 is 1. The lowest BCUT2D eigenvalue weighted by Crippen LogP contribution is -2.57. The van der Waals surface area contributed by atoms with Gasteiger partial charge in [0.15, 0.2) is 11.7 Å². The Morgan fingerprint density at radius 2 is 1.78 bits per heavy atom. The highest BCUT2D eigenvalue weighted by atomic mass is 35.5. The zero-order valence-electron chi connectivity index (χ0n) is 16.9. The molecule has 2 atom stereocenters. The van der Waals surface area contributed by atoms with E-state index >= 15 is 0 Å². The Kier molecular flexibility index (Phi) is 5.75. The molecule has 0 saturated heterocycles. The Morgan fingerprint density at radius 1 is 1.06 bits per heavy atom. The van der Waals surface area contributed by atoms with Gasteiger partial charge in [0.1, 0.15) is 0 Å². The van der Waals surface area contributed by atoms with Gasteiger partial charge in [0.25, 0.3) is 5.91 Å². The van der Waals surface area contributed by atoms with E-state index in [9.17, 15) is 23.1 Å². The summed E-state index contributed by atoms with van der Waals surface area (Å²) in [5.41, 5.74) is -1.25. The maximum absolute atomic E-state index is 13.5. The van der Waals surface area contributed by atoms with Crippen LogP contribution < -0.4 is 4.90 Å². The molecule has 166 valence electrons. The first-order chi connectivity index (χ1) is 15.2. The SMILES string of the molecule is COC1C(=O)N(Cc2cccc(C(F)(F)F)c2)c2ccc(Cl)cc2C1(O)c1ccccc1. The van der Waals surface area contributed by atoms with Crippen molar-refractivity contribution in [3.05, 3.63) is 100 Å². The van der Waals surface area contributed by atoms with Crippen molar-refractivity contribution in [2.45, 2.75) is 24.4 Å². The molecule has 4 nitrogen and oxygen atoms in total. The zero-order chi connectivity index (χ0) is 23.1. The topological polar surface area (TPSA) is 49.8 Å². The molecule has 1 amide bonds. The number of alkyl halides is 3. The molecule has 0 fully saturated rings. The van der Waals surface area contributed by atoms with Gasteiger partial charge < -0.3 is 14.7 Å². The van der Waals surface area contributed by atoms with E-state index in [1.54, 1.807) is 48.5 Å². The number of hydrogen-bond acceptors (Lipinski definition) is 3. The van der Waals surface area contributed by atoms with E-state index < -0.39 is 29.4 Å². The molecular weight excluding hydrogens is 443 g/mol. The van der Waals surface area contributed by atoms with Gasteiger partial charge in [-0.1, -0.05) is 54.1 Å². The third kappa shape index (κ3) is 3.77. The zero-order valence-corrected chi connectivity index (χ0v) is 17.7. The van der Waals surface area contributed by atoms with Crippen LogP contribution in [0.3, 0.4) is 0 Å². The summed E-state index contributed by atoms with van der Waals surface area (Å²) in [5, 5.41) is 12.1. The van der Waals surface area contributed by atoms with Crippen LogP contribution in [0, 0.1) is 0 Å². The number of fused-ring (bicyclic) bond motifs is 1. The Bertz CT molecular complexity index is 1150. The van der Waals surface area contributed by atoms with Crippen LogP contribution in [0.5, 0.6) is 0 Å². The summed E-state index contributed by atoms with van der Waals surface area (Å²) < 4.78 is 44.9. The second kappa shape index (κ2) is 8.24. The maximum Gasteiger partial charge on any atom is 0.416 e. The normalized spacial score (nSPS) is 20.9. The lowest BCUT2D eigenvalue weighted by atomic mass is 9.77. The smallest absolute Gasteiger partial charge is 0.377 e. The second-order valence-electron chi connectivity index (χ2n) is 7.53. The fraction of sp³-hybridized carbons (Fsp3) is 0.208. The van der Waals surface area contributed by atoms with Gasteiger partial charge in [0.2, 0.25) is 0 Å². The number of rotatable bonds is 4. The number of carbonyl (C=O) groups excluding carboxylic acids is 1. The standard InChI is InChI=1S/C24H19ClF3NO3/c1-32-21-22(30)29(14-15-6-5-9-17(12-15)24(26,27)28)20-11-10-18(25)13-19(20)23(21,31)16-7-3-2-4-8-16/h2-13,21,31H,14H2,1H3. The minimum Gasteiger partial charge on any atom is -0.377 e. The predicted molar refractivity (Wildman–Crippen MR) is 114 cm³/mol. The van der Waals surface area contributed by atoms with Crippen LogP contribution in [0.4, 0.5) is 18.9 Å². The van der Waals surface area contributed by atoms with Crippen LogP contribution in [0.2, 0.25) is 5.02 Å². The maximum atomic E-state index is 13.5. The Hall–Kier alpha value is -2.87. The van der Waals surface area contributed by atoms with Gasteiger partial charge in [-0.25, -0.2) is 0 Å². The van der Waals surface area contributed by atoms with E-state index in [1.807, 2.05) is 0 Å². The molecule has 8 heteroatoms. The second-order valence-corrected chi connectivity index (χ2v) is 7.97. The molecule has 1 heterocycles. The number of nitrogens with zero attached hydrogens (tertiary/aromatic N) is 1. The van der Waals surface area contributed by atoms with Crippen molar-refractivity contribution in [3.63, 3.8) is 0 Å². The molecule has 0 saturated carbocycles. The molecule has 2 unspecified atom stereocenters. The molecule has 0 aromatic heterocycles. The van der Waals surface area contributed by atoms with Gasteiger partial charge in [-0.15, -0.1) is 0 Å². The third-order valence-corrected chi connectivity index (χ3v) is 5.81. The van der Waals surface area contributed by atoms with Crippen molar-refractivity contribution in [1.29, 1.82) is 0 Å². The van der Waals surface area contributed by atoms with Crippen molar-refractivity contribution >= 4 is 23.2 Å². The summed E-state index contributed by atoms with van der Waals surface area (Å²) in [6.45, 7) is -0.137. The van der Waals surface area contributed by atoms with Crippen molar-refractivity contribution in [3.8, 4) is 0 Å². The number of aliphatic hydroxyl groups is 1. The first-order valence-electron chi connectivity index (χ1n) is 9.74. The van der Waals surface area contributed by atoms with E-state index in [4.69, 9.17) is 16.3 Å². The first kappa shape index (κ1) is 22.3. The summed E-state index contributed by atoms with van der Waals surface area (Å²) in [6.07, 6.45) is -5.84. The molecule has 0 spiro atoms. The lowest BCUT2D eigenvalue weighted by molar-refractivity contribution is -0.145. The van der Waals surface area contributed by atoms with Crippen molar-refractivity contribution in [1.82, 2.24) is 0 Å². The summed E-state index contributed by atoms with van der Waals surface area (Å²) >= 11 is 6.22. The van der Waals surface area contributed by atoms with Crippen molar-refractivity contribution in [2.75, 3.05) is 12.0 Å². The summed E-state index contributed by atoms with van der Waals surface area (Å²) in [4.78, 5) is 14.8. The fourth-order valence-electron chi connectivity index (χ4n) is 4.09. The summed E-state index contributed by atoms with van der Waals surface area (Å²) in [6, 6.07) is 18.0. The number of halogens is 4. The summed E-state index contributed by atoms with van der Waals surface area (Å²) in [7, 11) is 1.30. The largest absolute Gasteiger partial charge is 0.416 e. The molecule has 3 aromatic carbocycles. The third-order valence-electron chi connectivity index (χ3n) is 5.57. The van der Waals surface area contributed by atoms with Gasteiger partial charge >= 0.3 is 6.18 Å². The lowest BCUT2D eigenvalue weighted by Gasteiger charge is -2.44. The van der Waals surface area contributed by atoms with Crippen LogP contribution in [0.25, 0.3) is 0 Å². The van der Waals surface area contributed by atoms with Crippen LogP contribution in [0.1, 0.15) is 22.3 Å². The van der Waals surface area contributed by atoms with Gasteiger partial charge in [-0.05, 0) is 41.5 Å². The number of amides is 1. The van der Waals surface area contributed by atoms with Crippen LogP contribution in [-0.4, -0.2) is 24.2 Å². The average molecular weight is 462 g/mol. The predicted octanol–water partition coefficient (Wildman–Crippen LogP) is 5.16. The van der Waals surface area contributed by atoms with Gasteiger partial charge in [-0.2, -0.15) is 13.2 Å². The van der Waals surface area contributed by atoms with Crippen LogP contribution in [0.15, 0.2) is 72.8 Å². The van der Waals surface area contributed by atoms with Crippen LogP contribution in [-0.2, 0) is 27.9 Å². The van der Waals surface area contributed by atoms with E-state index in [1.165, 1.54) is 24.1 Å². The molecule has 3 aromatic rings. The van der Waals surface area contributed by atoms with E-state index in [0.717, 1.165) is 12.1 Å². The number of anilines is 1. The highest BCUT2D eigenvalue weighted by molar-refractivity contribution is 6.30.